The van der Waals surface area contributed by atoms with E-state index in [1.54, 1.807) is 7.11 Å². The zero-order chi connectivity index (χ0) is 13.4. The van der Waals surface area contributed by atoms with Crippen molar-refractivity contribution in [2.24, 2.45) is 0 Å². The van der Waals surface area contributed by atoms with Crippen LogP contribution in [0, 0.1) is 0 Å². The molecule has 2 atom stereocenters. The highest BCUT2D eigenvalue weighted by Gasteiger charge is 2.33. The van der Waals surface area contributed by atoms with E-state index in [9.17, 15) is 5.11 Å². The predicted molar refractivity (Wildman–Crippen MR) is 72.8 cm³/mol. The number of hydrogen-bond donors (Lipinski definition) is 2. The molecule has 0 amide bonds. The first-order valence-electron chi connectivity index (χ1n) is 7.15. The summed E-state index contributed by atoms with van der Waals surface area (Å²) in [5.74, 6) is 0. The highest BCUT2D eigenvalue weighted by atomic mass is 16.5. The number of hydrogen-bond acceptors (Lipinski definition) is 4. The van der Waals surface area contributed by atoms with Gasteiger partial charge >= 0.3 is 0 Å². The van der Waals surface area contributed by atoms with Gasteiger partial charge in [-0.15, -0.1) is 0 Å². The van der Waals surface area contributed by atoms with Gasteiger partial charge in [0, 0.05) is 25.3 Å². The summed E-state index contributed by atoms with van der Waals surface area (Å²) in [6, 6.07) is 0.630. The van der Waals surface area contributed by atoms with Gasteiger partial charge in [0.15, 0.2) is 0 Å². The average Bonchev–Trinajstić information content (AvgIpc) is 3.17. The van der Waals surface area contributed by atoms with Gasteiger partial charge in [0.1, 0.15) is 0 Å². The van der Waals surface area contributed by atoms with Crippen LogP contribution in [0.3, 0.4) is 0 Å². The Labute approximate surface area is 111 Å². The molecule has 0 radical (unpaired) electrons. The number of rotatable bonds is 11. The van der Waals surface area contributed by atoms with E-state index < -0.39 is 0 Å². The maximum absolute atomic E-state index is 9.62. The fraction of sp³-hybridized carbons (Fsp3) is 1.00. The fourth-order valence-corrected chi connectivity index (χ4v) is 2.23. The zero-order valence-electron chi connectivity index (χ0n) is 12.1. The molecule has 4 heteroatoms. The molecule has 0 bridgehead atoms. The molecule has 0 spiro atoms. The number of ether oxygens (including phenoxy) is 2. The monoisotopic (exact) mass is 259 g/mol. The summed E-state index contributed by atoms with van der Waals surface area (Å²) >= 11 is 0. The third-order valence-electron chi connectivity index (χ3n) is 3.67. The van der Waals surface area contributed by atoms with Crippen LogP contribution in [-0.4, -0.2) is 49.7 Å². The molecule has 2 N–H and O–H groups in total. The summed E-state index contributed by atoms with van der Waals surface area (Å²) in [6.45, 7) is 5.75. The molecule has 2 unspecified atom stereocenters. The minimum Gasteiger partial charge on any atom is -0.394 e. The highest BCUT2D eigenvalue weighted by Crippen LogP contribution is 2.26. The molecule has 0 aromatic carbocycles. The Hall–Kier alpha value is -0.160. The van der Waals surface area contributed by atoms with Crippen LogP contribution in [-0.2, 0) is 9.47 Å². The Morgan fingerprint density at radius 2 is 2.17 bits per heavy atom. The van der Waals surface area contributed by atoms with Gasteiger partial charge in [0.05, 0.1) is 19.3 Å². The van der Waals surface area contributed by atoms with Gasteiger partial charge in [-0.2, -0.15) is 0 Å². The molecule has 18 heavy (non-hydrogen) atoms. The Morgan fingerprint density at radius 3 is 2.67 bits per heavy atom. The van der Waals surface area contributed by atoms with Crippen molar-refractivity contribution in [2.75, 3.05) is 26.9 Å². The fourth-order valence-electron chi connectivity index (χ4n) is 2.23. The molecule has 0 aliphatic heterocycles. The van der Waals surface area contributed by atoms with E-state index in [2.05, 4.69) is 12.2 Å². The van der Waals surface area contributed by atoms with E-state index in [4.69, 9.17) is 9.47 Å². The first-order valence-corrected chi connectivity index (χ1v) is 7.15. The Bertz CT molecular complexity index is 215. The van der Waals surface area contributed by atoms with Crippen molar-refractivity contribution < 1.29 is 14.6 Å². The number of aliphatic hydroxyl groups is 1. The summed E-state index contributed by atoms with van der Waals surface area (Å²) in [5, 5.41) is 13.2. The number of methoxy groups -OCH3 is 1. The van der Waals surface area contributed by atoms with Crippen LogP contribution in [0.2, 0.25) is 0 Å². The van der Waals surface area contributed by atoms with E-state index in [0.717, 1.165) is 25.9 Å². The maximum atomic E-state index is 9.62. The van der Waals surface area contributed by atoms with Crippen LogP contribution < -0.4 is 5.32 Å². The Morgan fingerprint density at radius 1 is 1.44 bits per heavy atom. The van der Waals surface area contributed by atoms with E-state index in [1.165, 1.54) is 12.8 Å². The van der Waals surface area contributed by atoms with Crippen molar-refractivity contribution in [1.29, 1.82) is 0 Å². The summed E-state index contributed by atoms with van der Waals surface area (Å²) in [7, 11) is 1.69. The summed E-state index contributed by atoms with van der Waals surface area (Å²) < 4.78 is 10.7. The molecule has 0 heterocycles. The van der Waals surface area contributed by atoms with Crippen LogP contribution in [0.15, 0.2) is 0 Å². The van der Waals surface area contributed by atoms with Crippen LogP contribution in [0.5, 0.6) is 0 Å². The largest absolute Gasteiger partial charge is 0.394 e. The minimum absolute atomic E-state index is 0.102. The zero-order valence-corrected chi connectivity index (χ0v) is 12.1. The first kappa shape index (κ1) is 15.9. The van der Waals surface area contributed by atoms with Gasteiger partial charge < -0.3 is 19.9 Å². The van der Waals surface area contributed by atoms with Crippen LogP contribution in [0.25, 0.3) is 0 Å². The summed E-state index contributed by atoms with van der Waals surface area (Å²) in [4.78, 5) is 0. The second kappa shape index (κ2) is 8.10. The van der Waals surface area contributed by atoms with Crippen LogP contribution in [0.4, 0.5) is 0 Å². The van der Waals surface area contributed by atoms with E-state index >= 15 is 0 Å². The standard InChI is InChI=1S/C14H29NO3/c1-4-14(11-16,15-13-6-7-13)8-5-9-18-12(2)10-17-3/h12-13,15-16H,4-11H2,1-3H3. The average molecular weight is 259 g/mol. The molecule has 4 nitrogen and oxygen atoms in total. The minimum atomic E-state index is -0.102. The lowest BCUT2D eigenvalue weighted by Gasteiger charge is -2.32. The smallest absolute Gasteiger partial charge is 0.0780 e. The van der Waals surface area contributed by atoms with E-state index in [0.29, 0.717) is 12.6 Å². The van der Waals surface area contributed by atoms with Gasteiger partial charge in [-0.25, -0.2) is 0 Å². The molecular weight excluding hydrogens is 230 g/mol. The molecular formula is C14H29NO3. The normalized spacial score (nSPS) is 20.7. The third-order valence-corrected chi connectivity index (χ3v) is 3.67. The molecule has 1 aliphatic rings. The van der Waals surface area contributed by atoms with Gasteiger partial charge in [-0.1, -0.05) is 6.92 Å². The molecule has 0 aromatic rings. The van der Waals surface area contributed by atoms with Gasteiger partial charge in [0.2, 0.25) is 0 Å². The van der Waals surface area contributed by atoms with Crippen molar-refractivity contribution in [2.45, 2.75) is 63.6 Å². The van der Waals surface area contributed by atoms with Crippen molar-refractivity contribution in [1.82, 2.24) is 5.32 Å². The quantitative estimate of drug-likeness (QED) is 0.555. The second-order valence-corrected chi connectivity index (χ2v) is 5.45. The maximum Gasteiger partial charge on any atom is 0.0780 e. The molecule has 0 saturated heterocycles. The predicted octanol–water partition coefficient (Wildman–Crippen LogP) is 1.71. The molecule has 1 fully saturated rings. The highest BCUT2D eigenvalue weighted by molar-refractivity contribution is 4.94. The molecule has 1 saturated carbocycles. The van der Waals surface area contributed by atoms with Crippen LogP contribution >= 0.6 is 0 Å². The topological polar surface area (TPSA) is 50.7 Å². The Kier molecular flexibility index (Phi) is 7.15. The SMILES string of the molecule is CCC(CO)(CCCOC(C)COC)NC1CC1. The lowest BCUT2D eigenvalue weighted by molar-refractivity contribution is 0.00400. The van der Waals surface area contributed by atoms with Gasteiger partial charge in [-0.05, 0) is 39.0 Å². The van der Waals surface area contributed by atoms with Gasteiger partial charge in [0.25, 0.3) is 0 Å². The summed E-state index contributed by atoms with van der Waals surface area (Å²) in [6.07, 6.45) is 5.56. The lowest BCUT2D eigenvalue weighted by Crippen LogP contribution is -2.49. The van der Waals surface area contributed by atoms with Crippen molar-refractivity contribution in [3.05, 3.63) is 0 Å². The van der Waals surface area contributed by atoms with E-state index in [1.807, 2.05) is 6.92 Å². The molecule has 108 valence electrons. The lowest BCUT2D eigenvalue weighted by atomic mass is 9.91. The molecule has 0 aromatic heterocycles. The van der Waals surface area contributed by atoms with Crippen LogP contribution in [0.1, 0.15) is 46.0 Å². The first-order chi connectivity index (χ1) is 8.65. The van der Waals surface area contributed by atoms with Gasteiger partial charge in [-0.3, -0.25) is 0 Å². The number of nitrogens with one attached hydrogen (secondary N) is 1. The Balaban J connectivity index is 2.20. The number of aliphatic hydroxyl groups excluding tert-OH is 1. The molecule has 1 rings (SSSR count). The third kappa shape index (κ3) is 5.65. The van der Waals surface area contributed by atoms with Crippen molar-refractivity contribution in [3.8, 4) is 0 Å². The second-order valence-electron chi connectivity index (χ2n) is 5.45. The van der Waals surface area contributed by atoms with Crippen molar-refractivity contribution in [3.63, 3.8) is 0 Å². The molecule has 1 aliphatic carbocycles. The van der Waals surface area contributed by atoms with E-state index in [-0.39, 0.29) is 18.2 Å². The van der Waals surface area contributed by atoms with Crippen molar-refractivity contribution >= 4 is 0 Å². The summed E-state index contributed by atoms with van der Waals surface area (Å²) in [5.41, 5.74) is -0.102.